The zero-order chi connectivity index (χ0) is 21.1. The average Bonchev–Trinajstić information content (AvgIpc) is 2.92. The molecule has 0 radical (unpaired) electrons. The molecule has 3 N–H and O–H groups in total. The highest BCUT2D eigenvalue weighted by atomic mass is 32.2. The van der Waals surface area contributed by atoms with Crippen molar-refractivity contribution in [3.8, 4) is 0 Å². The molecule has 2 rings (SSSR count). The first-order chi connectivity index (χ1) is 13.1. The summed E-state index contributed by atoms with van der Waals surface area (Å²) in [4.78, 5) is 27.0. The number of aryl methyl sites for hydroxylation is 3. The summed E-state index contributed by atoms with van der Waals surface area (Å²) in [5.74, 6) is -1.25. The molecule has 0 atom stereocenters. The number of carbonyl (C=O) groups excluding carboxylic acids is 2. The van der Waals surface area contributed by atoms with Crippen LogP contribution in [0.1, 0.15) is 39.8 Å². The maximum absolute atomic E-state index is 12.8. The molecule has 1 aromatic carbocycles. The number of rotatable bonds is 7. The van der Waals surface area contributed by atoms with Crippen molar-refractivity contribution in [1.29, 1.82) is 0 Å². The van der Waals surface area contributed by atoms with Gasteiger partial charge in [0.05, 0.1) is 13.2 Å². The second kappa shape index (κ2) is 8.57. The van der Waals surface area contributed by atoms with E-state index in [-0.39, 0.29) is 17.1 Å². The lowest BCUT2D eigenvalue weighted by molar-refractivity contribution is -0.115. The number of amides is 1. The molecule has 8 nitrogen and oxygen atoms in total. The molecule has 152 valence electrons. The van der Waals surface area contributed by atoms with Crippen molar-refractivity contribution >= 4 is 27.6 Å². The molecular weight excluding hydrogens is 382 g/mol. The van der Waals surface area contributed by atoms with E-state index >= 15 is 0 Å². The number of anilines is 1. The molecule has 0 aliphatic rings. The quantitative estimate of drug-likeness (QED) is 0.609. The number of H-pyrrole nitrogens is 1. The third-order valence-electron chi connectivity index (χ3n) is 4.37. The van der Waals surface area contributed by atoms with E-state index in [9.17, 15) is 18.0 Å². The molecule has 0 bridgehead atoms. The van der Waals surface area contributed by atoms with Gasteiger partial charge in [0, 0.05) is 17.1 Å². The fraction of sp³-hybridized carbons (Fsp3) is 0.368. The fourth-order valence-electron chi connectivity index (χ4n) is 2.86. The summed E-state index contributed by atoms with van der Waals surface area (Å²) in [5, 5.41) is 2.69. The van der Waals surface area contributed by atoms with Gasteiger partial charge in [-0.2, -0.15) is 0 Å². The van der Waals surface area contributed by atoms with Crippen LogP contribution in [0.25, 0.3) is 0 Å². The van der Waals surface area contributed by atoms with Crippen LogP contribution in [0.2, 0.25) is 0 Å². The van der Waals surface area contributed by atoms with Crippen molar-refractivity contribution in [2.45, 2.75) is 39.5 Å². The molecule has 0 unspecified atom stereocenters. The van der Waals surface area contributed by atoms with E-state index in [4.69, 9.17) is 4.74 Å². The Kier molecular flexibility index (Phi) is 6.63. The molecule has 0 saturated carbocycles. The van der Waals surface area contributed by atoms with Crippen molar-refractivity contribution in [2.24, 2.45) is 0 Å². The van der Waals surface area contributed by atoms with Crippen molar-refractivity contribution < 1.29 is 22.7 Å². The standard InChI is InChI=1S/C19H25N3O5S/c1-6-27-19(24)17-13(4)21-14(5)18(17)28(25,26)20-10-16(23)22-15-9-7-8-11(2)12(15)3/h7-9,20-21H,6,10H2,1-5H3,(H,22,23). The number of sulfonamides is 1. The number of nitrogens with one attached hydrogen (secondary N) is 3. The first kappa shape index (κ1) is 21.6. The van der Waals surface area contributed by atoms with E-state index in [1.165, 1.54) is 0 Å². The summed E-state index contributed by atoms with van der Waals surface area (Å²) in [6.07, 6.45) is 0. The Morgan fingerprint density at radius 3 is 2.43 bits per heavy atom. The van der Waals surface area contributed by atoms with Crippen LogP contribution in [-0.2, 0) is 19.6 Å². The molecule has 0 saturated heterocycles. The van der Waals surface area contributed by atoms with Crippen molar-refractivity contribution in [3.05, 3.63) is 46.3 Å². The predicted octanol–water partition coefficient (Wildman–Crippen LogP) is 2.34. The molecule has 0 spiro atoms. The van der Waals surface area contributed by atoms with E-state index in [2.05, 4.69) is 15.0 Å². The minimum atomic E-state index is -4.11. The summed E-state index contributed by atoms with van der Waals surface area (Å²) in [7, 11) is -4.11. The third kappa shape index (κ3) is 4.60. The van der Waals surface area contributed by atoms with Crippen LogP contribution in [0, 0.1) is 27.7 Å². The molecule has 1 amide bonds. The van der Waals surface area contributed by atoms with Gasteiger partial charge in [0.25, 0.3) is 0 Å². The predicted molar refractivity (Wildman–Crippen MR) is 106 cm³/mol. The van der Waals surface area contributed by atoms with Crippen molar-refractivity contribution in [1.82, 2.24) is 9.71 Å². The highest BCUT2D eigenvalue weighted by molar-refractivity contribution is 7.89. The normalized spacial score (nSPS) is 11.3. The summed E-state index contributed by atoms with van der Waals surface area (Å²) in [6, 6.07) is 5.47. The van der Waals surface area contributed by atoms with Gasteiger partial charge >= 0.3 is 5.97 Å². The zero-order valence-electron chi connectivity index (χ0n) is 16.6. The minimum absolute atomic E-state index is 0.0539. The van der Waals surface area contributed by atoms with Crippen LogP contribution >= 0.6 is 0 Å². The maximum Gasteiger partial charge on any atom is 0.341 e. The van der Waals surface area contributed by atoms with Crippen LogP contribution in [-0.4, -0.2) is 38.4 Å². The summed E-state index contributed by atoms with van der Waals surface area (Å²) < 4.78 is 32.7. The number of esters is 1. The Hall–Kier alpha value is -2.65. The largest absolute Gasteiger partial charge is 0.462 e. The number of aromatic nitrogens is 1. The average molecular weight is 407 g/mol. The van der Waals surface area contributed by atoms with Gasteiger partial charge in [0.15, 0.2) is 0 Å². The molecular formula is C19H25N3O5S. The topological polar surface area (TPSA) is 117 Å². The Morgan fingerprint density at radius 2 is 1.79 bits per heavy atom. The van der Waals surface area contributed by atoms with Crippen molar-refractivity contribution in [3.63, 3.8) is 0 Å². The van der Waals surface area contributed by atoms with Gasteiger partial charge < -0.3 is 15.0 Å². The highest BCUT2D eigenvalue weighted by Crippen LogP contribution is 2.24. The number of hydrogen-bond acceptors (Lipinski definition) is 5. The Bertz CT molecular complexity index is 1010. The van der Waals surface area contributed by atoms with Gasteiger partial charge in [-0.25, -0.2) is 17.9 Å². The molecule has 0 aliphatic carbocycles. The number of aromatic amines is 1. The Balaban J connectivity index is 2.19. The Morgan fingerprint density at radius 1 is 1.11 bits per heavy atom. The molecule has 1 heterocycles. The number of hydrogen-bond donors (Lipinski definition) is 3. The van der Waals surface area contributed by atoms with Gasteiger partial charge in [-0.1, -0.05) is 12.1 Å². The zero-order valence-corrected chi connectivity index (χ0v) is 17.4. The SMILES string of the molecule is CCOC(=O)c1c(C)[nH]c(C)c1S(=O)(=O)NCC(=O)Nc1cccc(C)c1C. The van der Waals surface area contributed by atoms with Crippen LogP contribution in [0.4, 0.5) is 5.69 Å². The van der Waals surface area contributed by atoms with Crippen LogP contribution in [0.3, 0.4) is 0 Å². The van der Waals surface area contributed by atoms with Gasteiger partial charge in [-0.05, 0) is 51.8 Å². The van der Waals surface area contributed by atoms with Crippen LogP contribution in [0.15, 0.2) is 23.1 Å². The Labute approximate surface area is 164 Å². The monoisotopic (exact) mass is 407 g/mol. The summed E-state index contributed by atoms with van der Waals surface area (Å²) in [6.45, 7) is 8.20. The molecule has 28 heavy (non-hydrogen) atoms. The fourth-order valence-corrected chi connectivity index (χ4v) is 4.28. The van der Waals surface area contributed by atoms with E-state index < -0.39 is 28.4 Å². The lowest BCUT2D eigenvalue weighted by Crippen LogP contribution is -2.34. The molecule has 2 aromatic rings. The van der Waals surface area contributed by atoms with E-state index in [1.54, 1.807) is 32.9 Å². The highest BCUT2D eigenvalue weighted by Gasteiger charge is 2.30. The van der Waals surface area contributed by atoms with Crippen molar-refractivity contribution in [2.75, 3.05) is 18.5 Å². The second-order valence-electron chi connectivity index (χ2n) is 6.42. The first-order valence-electron chi connectivity index (χ1n) is 8.80. The smallest absolute Gasteiger partial charge is 0.341 e. The second-order valence-corrected chi connectivity index (χ2v) is 8.12. The van der Waals surface area contributed by atoms with Crippen LogP contribution < -0.4 is 10.0 Å². The van der Waals surface area contributed by atoms with Crippen LogP contribution in [0.5, 0.6) is 0 Å². The number of benzene rings is 1. The lowest BCUT2D eigenvalue weighted by atomic mass is 10.1. The molecule has 9 heteroatoms. The third-order valence-corrected chi connectivity index (χ3v) is 5.94. The van der Waals surface area contributed by atoms with Gasteiger partial charge in [0.1, 0.15) is 10.5 Å². The lowest BCUT2D eigenvalue weighted by Gasteiger charge is -2.12. The first-order valence-corrected chi connectivity index (χ1v) is 10.3. The number of ether oxygens (including phenoxy) is 1. The number of carbonyl (C=O) groups is 2. The van der Waals surface area contributed by atoms with E-state index in [1.807, 2.05) is 19.9 Å². The summed E-state index contributed by atoms with van der Waals surface area (Å²) in [5.41, 5.74) is 3.15. The molecule has 0 fully saturated rings. The maximum atomic E-state index is 12.8. The van der Waals surface area contributed by atoms with Gasteiger partial charge in [0.2, 0.25) is 15.9 Å². The van der Waals surface area contributed by atoms with E-state index in [0.717, 1.165) is 11.1 Å². The van der Waals surface area contributed by atoms with E-state index in [0.29, 0.717) is 17.1 Å². The molecule has 1 aromatic heterocycles. The van der Waals surface area contributed by atoms with Gasteiger partial charge in [-0.3, -0.25) is 4.79 Å². The van der Waals surface area contributed by atoms with Gasteiger partial charge in [-0.15, -0.1) is 0 Å². The molecule has 0 aliphatic heterocycles. The minimum Gasteiger partial charge on any atom is -0.462 e. The summed E-state index contributed by atoms with van der Waals surface area (Å²) >= 11 is 0.